The number of benzene rings is 9. The molecule has 0 saturated carbocycles. The summed E-state index contributed by atoms with van der Waals surface area (Å²) in [5.41, 5.74) is 16.3. The molecule has 11 aromatic rings. The average Bonchev–Trinajstić information content (AvgIpc) is 3.88. The van der Waals surface area contributed by atoms with Crippen LogP contribution in [0.5, 0.6) is 0 Å². The van der Waals surface area contributed by atoms with Crippen LogP contribution >= 0.6 is 0 Å². The lowest BCUT2D eigenvalue weighted by Crippen LogP contribution is -2.33. The Hall–Kier alpha value is -7.95. The van der Waals surface area contributed by atoms with Crippen molar-refractivity contribution < 1.29 is 0 Å². The molecule has 326 valence electrons. The highest BCUT2D eigenvalue weighted by atomic mass is 15.0. The Morgan fingerprint density at radius 3 is 1.65 bits per heavy atom. The summed E-state index contributed by atoms with van der Waals surface area (Å²) >= 11 is 0. The minimum atomic E-state index is -0.549. The molecule has 0 saturated heterocycles. The van der Waals surface area contributed by atoms with Crippen molar-refractivity contribution in [2.75, 3.05) is 0 Å². The van der Waals surface area contributed by atoms with Gasteiger partial charge >= 0.3 is 0 Å². The summed E-state index contributed by atoms with van der Waals surface area (Å²) in [6.07, 6.45) is 2.35. The Kier molecular flexibility index (Phi) is 8.92. The fraction of sp³-hybridized carbons (Fsp3) is 0.141. The van der Waals surface area contributed by atoms with Crippen LogP contribution in [0.2, 0.25) is 0 Å². The highest BCUT2D eigenvalue weighted by Crippen LogP contribution is 2.58. The van der Waals surface area contributed by atoms with Gasteiger partial charge in [-0.15, -0.1) is 0 Å². The summed E-state index contributed by atoms with van der Waals surface area (Å²) in [6.45, 7) is 9.65. The lowest BCUT2D eigenvalue weighted by Gasteiger charge is -2.42. The molecule has 2 aliphatic carbocycles. The van der Waals surface area contributed by atoms with Crippen molar-refractivity contribution in [2.24, 2.45) is 0 Å². The molecule has 9 aromatic carbocycles. The van der Waals surface area contributed by atoms with Gasteiger partial charge in [-0.3, -0.25) is 0 Å². The third-order valence-electron chi connectivity index (χ3n) is 15.4. The van der Waals surface area contributed by atoms with Gasteiger partial charge in [-0.1, -0.05) is 191 Å². The molecule has 0 aliphatic heterocycles. The predicted octanol–water partition coefficient (Wildman–Crippen LogP) is 15.8. The van der Waals surface area contributed by atoms with E-state index in [0.29, 0.717) is 17.5 Å². The maximum atomic E-state index is 5.46. The maximum absolute atomic E-state index is 5.46. The van der Waals surface area contributed by atoms with Crippen LogP contribution in [0.1, 0.15) is 73.9 Å². The number of nitrogens with zero attached hydrogens (tertiary/aromatic N) is 4. The van der Waals surface area contributed by atoms with Crippen LogP contribution in [-0.4, -0.2) is 19.5 Å². The minimum absolute atomic E-state index is 0.0912. The molecular formula is C64H50N4. The van der Waals surface area contributed by atoms with Gasteiger partial charge in [-0.25, -0.2) is 15.0 Å². The molecule has 68 heavy (non-hydrogen) atoms. The highest BCUT2D eigenvalue weighted by Gasteiger charge is 2.47. The van der Waals surface area contributed by atoms with Crippen molar-refractivity contribution in [3.05, 3.63) is 240 Å². The van der Waals surface area contributed by atoms with E-state index in [0.717, 1.165) is 38.7 Å². The molecule has 4 heteroatoms. The van der Waals surface area contributed by atoms with Crippen LogP contribution in [-0.2, 0) is 16.2 Å². The van der Waals surface area contributed by atoms with Crippen LogP contribution < -0.4 is 0 Å². The molecular weight excluding hydrogens is 825 g/mol. The topological polar surface area (TPSA) is 43.6 Å². The molecule has 2 heterocycles. The zero-order chi connectivity index (χ0) is 45.8. The fourth-order valence-corrected chi connectivity index (χ4v) is 11.9. The van der Waals surface area contributed by atoms with Gasteiger partial charge in [-0.05, 0) is 121 Å². The summed E-state index contributed by atoms with van der Waals surface area (Å²) in [5, 5.41) is 4.82. The Morgan fingerprint density at radius 1 is 0.382 bits per heavy atom. The van der Waals surface area contributed by atoms with Crippen molar-refractivity contribution >= 4 is 32.6 Å². The predicted molar refractivity (Wildman–Crippen MR) is 281 cm³/mol. The monoisotopic (exact) mass is 874 g/mol. The molecule has 2 aromatic heterocycles. The van der Waals surface area contributed by atoms with E-state index in [1.807, 2.05) is 0 Å². The summed E-state index contributed by atoms with van der Waals surface area (Å²) in [7, 11) is 0. The Labute approximate surface area is 397 Å². The lowest BCUT2D eigenvalue weighted by molar-refractivity contribution is 0.332. The molecule has 4 nitrogen and oxygen atoms in total. The second-order valence-electron chi connectivity index (χ2n) is 20.2. The first-order valence-corrected chi connectivity index (χ1v) is 24.0. The van der Waals surface area contributed by atoms with E-state index in [1.54, 1.807) is 0 Å². The van der Waals surface area contributed by atoms with E-state index in [4.69, 9.17) is 15.0 Å². The molecule has 13 rings (SSSR count). The molecule has 0 spiro atoms. The molecule has 0 fully saturated rings. The zero-order valence-electron chi connectivity index (χ0n) is 38.8. The first-order chi connectivity index (χ1) is 33.2. The highest BCUT2D eigenvalue weighted by molar-refractivity contribution is 6.10. The van der Waals surface area contributed by atoms with Gasteiger partial charge in [0.05, 0.1) is 16.4 Å². The summed E-state index contributed by atoms with van der Waals surface area (Å²) < 4.78 is 2.45. The van der Waals surface area contributed by atoms with Crippen molar-refractivity contribution in [1.82, 2.24) is 19.5 Å². The van der Waals surface area contributed by atoms with Gasteiger partial charge in [0.2, 0.25) is 0 Å². The van der Waals surface area contributed by atoms with Crippen molar-refractivity contribution in [3.8, 4) is 51.0 Å². The smallest absolute Gasteiger partial charge is 0.164 e. The second kappa shape index (κ2) is 15.0. The second-order valence-corrected chi connectivity index (χ2v) is 20.2. The average molecular weight is 875 g/mol. The molecule has 0 unspecified atom stereocenters. The Morgan fingerprint density at radius 2 is 0.912 bits per heavy atom. The SMILES string of the molecule is CC1(C)CCC(C)(C)c2cc3c(cc21)c1ccccc1n3-c1ccc(-c2nc(-c3cccc4c3-c3ccccc3C4(c3ccccc3)c3ccccc3)nc(-c3cccc4ccccc34)n2)cc1. The van der Waals surface area contributed by atoms with E-state index in [-0.39, 0.29) is 10.8 Å². The van der Waals surface area contributed by atoms with Crippen LogP contribution in [0.15, 0.2) is 206 Å². The molecule has 2 aliphatic rings. The molecule has 0 N–H and O–H groups in total. The zero-order valence-corrected chi connectivity index (χ0v) is 38.8. The number of fused-ring (bicyclic) bond motifs is 8. The number of hydrogen-bond acceptors (Lipinski definition) is 3. The molecule has 0 amide bonds. The summed E-state index contributed by atoms with van der Waals surface area (Å²) in [6, 6.07) is 75.0. The third kappa shape index (κ3) is 5.96. The molecule has 0 atom stereocenters. The summed E-state index contributed by atoms with van der Waals surface area (Å²) in [5.74, 6) is 1.92. The Balaban J connectivity index is 1.02. The van der Waals surface area contributed by atoms with Crippen molar-refractivity contribution in [3.63, 3.8) is 0 Å². The number of aromatic nitrogens is 4. The number of hydrogen-bond donors (Lipinski definition) is 0. The van der Waals surface area contributed by atoms with Gasteiger partial charge in [0.1, 0.15) is 0 Å². The lowest BCUT2D eigenvalue weighted by atomic mass is 9.63. The van der Waals surface area contributed by atoms with E-state index in [2.05, 4.69) is 239 Å². The van der Waals surface area contributed by atoms with Gasteiger partial charge in [0, 0.05) is 33.2 Å². The largest absolute Gasteiger partial charge is 0.309 e. The maximum Gasteiger partial charge on any atom is 0.164 e. The van der Waals surface area contributed by atoms with Crippen molar-refractivity contribution in [1.29, 1.82) is 0 Å². The first-order valence-electron chi connectivity index (χ1n) is 24.0. The van der Waals surface area contributed by atoms with E-state index in [1.165, 1.54) is 73.6 Å². The minimum Gasteiger partial charge on any atom is -0.309 e. The van der Waals surface area contributed by atoms with E-state index >= 15 is 0 Å². The summed E-state index contributed by atoms with van der Waals surface area (Å²) in [4.78, 5) is 16.3. The Bertz CT molecular complexity index is 3740. The van der Waals surface area contributed by atoms with Crippen LogP contribution in [0, 0.1) is 0 Å². The first kappa shape index (κ1) is 40.3. The van der Waals surface area contributed by atoms with Crippen LogP contribution in [0.4, 0.5) is 0 Å². The fourth-order valence-electron chi connectivity index (χ4n) is 11.9. The number of rotatable bonds is 6. The van der Waals surface area contributed by atoms with Gasteiger partial charge in [-0.2, -0.15) is 0 Å². The van der Waals surface area contributed by atoms with E-state index in [9.17, 15) is 0 Å². The van der Waals surface area contributed by atoms with Crippen LogP contribution in [0.3, 0.4) is 0 Å². The number of para-hydroxylation sites is 1. The third-order valence-corrected chi connectivity index (χ3v) is 15.4. The van der Waals surface area contributed by atoms with Crippen LogP contribution in [0.25, 0.3) is 83.6 Å². The quantitative estimate of drug-likeness (QED) is 0.167. The molecule has 0 radical (unpaired) electrons. The van der Waals surface area contributed by atoms with Gasteiger partial charge in [0.15, 0.2) is 17.5 Å². The van der Waals surface area contributed by atoms with Gasteiger partial charge in [0.25, 0.3) is 0 Å². The van der Waals surface area contributed by atoms with E-state index < -0.39 is 5.41 Å². The molecule has 0 bridgehead atoms. The van der Waals surface area contributed by atoms with Crippen molar-refractivity contribution in [2.45, 2.75) is 56.8 Å². The van der Waals surface area contributed by atoms with Gasteiger partial charge < -0.3 is 4.57 Å². The standard InChI is InChI=1S/C64H50N4/c1-62(2)37-38-63(3,4)55-40-57-51(39-54(55)62)47-26-14-16-32-56(47)68(57)45-35-33-42(34-36-45)59-65-60(48-28-17-20-41-19-11-12-25-46(41)48)67-61(66-59)50-29-18-31-53-58(50)49-27-13-15-30-52(49)64(53,43-21-7-5-8-22-43)44-23-9-6-10-24-44/h5-36,39-40H,37-38H2,1-4H3. The normalized spacial score (nSPS) is 15.3.